The molecule has 0 aliphatic heterocycles. The van der Waals surface area contributed by atoms with Gasteiger partial charge >= 0.3 is 5.97 Å². The van der Waals surface area contributed by atoms with Gasteiger partial charge in [-0.05, 0) is 43.2 Å². The number of nitrogens with one attached hydrogen (secondary N) is 2. The minimum Gasteiger partial charge on any atom is -0.449 e. The summed E-state index contributed by atoms with van der Waals surface area (Å²) in [6.45, 7) is 3.63. The maximum atomic E-state index is 13.0. The molecule has 0 fully saturated rings. The maximum Gasteiger partial charge on any atom is 0.339 e. The first-order valence-corrected chi connectivity index (χ1v) is 10.0. The van der Waals surface area contributed by atoms with Gasteiger partial charge in [0.05, 0.1) is 16.6 Å². The first-order chi connectivity index (χ1) is 15.1. The van der Waals surface area contributed by atoms with E-state index in [-0.39, 0.29) is 0 Å². The lowest BCUT2D eigenvalue weighted by molar-refractivity contribution is -0.124. The van der Waals surface area contributed by atoms with Crippen LogP contribution in [0.1, 0.15) is 29.3 Å². The number of hydrogen-bond donors (Lipinski definition) is 2. The fraction of sp³-hybridized carbons (Fsp3) is 0.167. The summed E-state index contributed by atoms with van der Waals surface area (Å²) in [5.74, 6) is 0.00898. The van der Waals surface area contributed by atoms with Gasteiger partial charge in [0, 0.05) is 11.8 Å². The van der Waals surface area contributed by atoms with E-state index in [4.69, 9.17) is 4.74 Å². The van der Waals surface area contributed by atoms with Gasteiger partial charge in [0.1, 0.15) is 11.6 Å². The normalized spacial score (nSPS) is 11.8. The number of benzene rings is 2. The van der Waals surface area contributed by atoms with Crippen LogP contribution in [0.3, 0.4) is 0 Å². The molecule has 2 aromatic carbocycles. The Hall–Kier alpha value is -4.00. The zero-order chi connectivity index (χ0) is 21.8. The van der Waals surface area contributed by atoms with E-state index in [2.05, 4.69) is 20.3 Å². The predicted octanol–water partition coefficient (Wildman–Crippen LogP) is 4.51. The standard InChI is InChI=1S/C24H22N4O3/c1-3-20(23(29)28-21-15(2)9-8-14-25-21)31-24(30)17-11-5-4-10-16(17)22-26-18-12-6-7-13-19(18)27-22/h4-14,20H,3H2,1-2H3,(H,26,27)(H,25,28,29). The third kappa shape index (κ3) is 4.30. The van der Waals surface area contributed by atoms with Gasteiger partial charge in [-0.1, -0.05) is 43.3 Å². The number of imidazole rings is 1. The second-order valence-corrected chi connectivity index (χ2v) is 7.11. The molecule has 0 aliphatic rings. The van der Waals surface area contributed by atoms with E-state index in [0.29, 0.717) is 29.2 Å². The van der Waals surface area contributed by atoms with E-state index in [0.717, 1.165) is 16.6 Å². The van der Waals surface area contributed by atoms with Gasteiger partial charge in [-0.15, -0.1) is 0 Å². The Morgan fingerprint density at radius 1 is 1.06 bits per heavy atom. The van der Waals surface area contributed by atoms with Gasteiger partial charge in [0.2, 0.25) is 0 Å². The fourth-order valence-electron chi connectivity index (χ4n) is 3.28. The molecule has 4 aromatic rings. The van der Waals surface area contributed by atoms with Gasteiger partial charge < -0.3 is 15.0 Å². The third-order valence-electron chi connectivity index (χ3n) is 4.96. The number of carbonyl (C=O) groups is 2. The number of ether oxygens (including phenoxy) is 1. The van der Waals surface area contributed by atoms with Gasteiger partial charge in [0.25, 0.3) is 5.91 Å². The predicted molar refractivity (Wildman–Crippen MR) is 119 cm³/mol. The average Bonchev–Trinajstić information content (AvgIpc) is 3.23. The molecule has 1 atom stereocenters. The summed E-state index contributed by atoms with van der Waals surface area (Å²) in [7, 11) is 0. The second kappa shape index (κ2) is 8.79. The number of rotatable bonds is 6. The molecule has 156 valence electrons. The van der Waals surface area contributed by atoms with Crippen molar-refractivity contribution in [3.63, 3.8) is 0 Å². The largest absolute Gasteiger partial charge is 0.449 e. The topological polar surface area (TPSA) is 97.0 Å². The molecule has 31 heavy (non-hydrogen) atoms. The first kappa shape index (κ1) is 20.3. The SMILES string of the molecule is CCC(OC(=O)c1ccccc1-c1nc2ccccc2[nH]1)C(=O)Nc1ncccc1C. The van der Waals surface area contributed by atoms with Crippen LogP contribution >= 0.6 is 0 Å². The van der Waals surface area contributed by atoms with E-state index in [1.807, 2.05) is 43.3 Å². The van der Waals surface area contributed by atoms with Crippen molar-refractivity contribution < 1.29 is 14.3 Å². The first-order valence-electron chi connectivity index (χ1n) is 10.0. The van der Waals surface area contributed by atoms with Crippen molar-refractivity contribution in [1.29, 1.82) is 0 Å². The lowest BCUT2D eigenvalue weighted by Crippen LogP contribution is -2.32. The Morgan fingerprint density at radius 3 is 2.61 bits per heavy atom. The van der Waals surface area contributed by atoms with Crippen LogP contribution in [0.15, 0.2) is 66.9 Å². The minimum absolute atomic E-state index is 0.330. The van der Waals surface area contributed by atoms with Crippen LogP contribution in [-0.4, -0.2) is 32.9 Å². The Bertz CT molecular complexity index is 1220. The fourth-order valence-corrected chi connectivity index (χ4v) is 3.28. The molecule has 0 spiro atoms. The van der Waals surface area contributed by atoms with Crippen molar-refractivity contribution in [3.8, 4) is 11.4 Å². The molecular weight excluding hydrogens is 392 g/mol. The quantitative estimate of drug-likeness (QED) is 0.453. The van der Waals surface area contributed by atoms with Gasteiger partial charge in [-0.2, -0.15) is 0 Å². The van der Waals surface area contributed by atoms with Crippen LogP contribution in [0, 0.1) is 6.92 Å². The number of carbonyl (C=O) groups excluding carboxylic acids is 2. The summed E-state index contributed by atoms with van der Waals surface area (Å²) in [6, 6.07) is 18.3. The summed E-state index contributed by atoms with van der Waals surface area (Å²) in [5.41, 5.74) is 3.45. The Morgan fingerprint density at radius 2 is 1.84 bits per heavy atom. The van der Waals surface area contributed by atoms with Gasteiger partial charge in [-0.25, -0.2) is 14.8 Å². The molecule has 2 aromatic heterocycles. The average molecular weight is 414 g/mol. The zero-order valence-electron chi connectivity index (χ0n) is 17.3. The highest BCUT2D eigenvalue weighted by Gasteiger charge is 2.25. The highest BCUT2D eigenvalue weighted by molar-refractivity contribution is 6.00. The van der Waals surface area contributed by atoms with E-state index in [1.54, 1.807) is 37.4 Å². The molecule has 0 radical (unpaired) electrons. The number of nitrogens with zero attached hydrogens (tertiary/aromatic N) is 2. The van der Waals surface area contributed by atoms with Crippen LogP contribution in [0.5, 0.6) is 0 Å². The molecule has 1 unspecified atom stereocenters. The summed E-state index contributed by atoms with van der Waals surface area (Å²) in [5, 5.41) is 2.74. The molecule has 2 heterocycles. The Balaban J connectivity index is 1.56. The summed E-state index contributed by atoms with van der Waals surface area (Å²) >= 11 is 0. The van der Waals surface area contributed by atoms with Gasteiger partial charge in [-0.3, -0.25) is 4.79 Å². The summed E-state index contributed by atoms with van der Waals surface area (Å²) in [4.78, 5) is 37.6. The highest BCUT2D eigenvalue weighted by atomic mass is 16.5. The Kier molecular flexibility index (Phi) is 5.75. The lowest BCUT2D eigenvalue weighted by atomic mass is 10.1. The number of amides is 1. The minimum atomic E-state index is -0.947. The molecule has 0 saturated heterocycles. The zero-order valence-corrected chi connectivity index (χ0v) is 17.3. The third-order valence-corrected chi connectivity index (χ3v) is 4.96. The number of aromatic amines is 1. The molecule has 4 rings (SSSR count). The van der Waals surface area contributed by atoms with E-state index in [9.17, 15) is 9.59 Å². The number of para-hydroxylation sites is 2. The van der Waals surface area contributed by atoms with Crippen LogP contribution in [-0.2, 0) is 9.53 Å². The molecule has 0 saturated carbocycles. The van der Waals surface area contributed by atoms with E-state index in [1.165, 1.54) is 0 Å². The molecule has 7 heteroatoms. The molecule has 1 amide bonds. The van der Waals surface area contributed by atoms with Crippen molar-refractivity contribution in [3.05, 3.63) is 78.0 Å². The number of fused-ring (bicyclic) bond motifs is 1. The number of aromatic nitrogens is 3. The molecule has 0 bridgehead atoms. The molecule has 7 nitrogen and oxygen atoms in total. The number of pyridine rings is 1. The van der Waals surface area contributed by atoms with Crippen molar-refractivity contribution in [2.24, 2.45) is 0 Å². The summed E-state index contributed by atoms with van der Waals surface area (Å²) in [6.07, 6.45) is 0.979. The van der Waals surface area contributed by atoms with Crippen molar-refractivity contribution in [2.75, 3.05) is 5.32 Å². The second-order valence-electron chi connectivity index (χ2n) is 7.11. The number of anilines is 1. The van der Waals surface area contributed by atoms with Crippen LogP contribution in [0.2, 0.25) is 0 Å². The van der Waals surface area contributed by atoms with Crippen molar-refractivity contribution >= 4 is 28.7 Å². The number of aryl methyl sites for hydroxylation is 1. The smallest absolute Gasteiger partial charge is 0.339 e. The monoisotopic (exact) mass is 414 g/mol. The maximum absolute atomic E-state index is 13.0. The molecular formula is C24H22N4O3. The number of hydrogen-bond acceptors (Lipinski definition) is 5. The molecule has 0 aliphatic carbocycles. The van der Waals surface area contributed by atoms with Crippen LogP contribution in [0.25, 0.3) is 22.4 Å². The van der Waals surface area contributed by atoms with E-state index < -0.39 is 18.0 Å². The van der Waals surface area contributed by atoms with Gasteiger partial charge in [0.15, 0.2) is 6.10 Å². The summed E-state index contributed by atoms with van der Waals surface area (Å²) < 4.78 is 5.58. The Labute approximate surface area is 179 Å². The van der Waals surface area contributed by atoms with Crippen LogP contribution < -0.4 is 5.32 Å². The lowest BCUT2D eigenvalue weighted by Gasteiger charge is -2.17. The van der Waals surface area contributed by atoms with Crippen molar-refractivity contribution in [2.45, 2.75) is 26.4 Å². The molecule has 2 N–H and O–H groups in total. The van der Waals surface area contributed by atoms with Crippen LogP contribution in [0.4, 0.5) is 5.82 Å². The van der Waals surface area contributed by atoms with Crippen molar-refractivity contribution in [1.82, 2.24) is 15.0 Å². The number of esters is 1. The highest BCUT2D eigenvalue weighted by Crippen LogP contribution is 2.25. The number of H-pyrrole nitrogens is 1. The van der Waals surface area contributed by atoms with E-state index >= 15 is 0 Å².